The summed E-state index contributed by atoms with van der Waals surface area (Å²) in [5.74, 6) is 4.53. The second kappa shape index (κ2) is 3.40. The molecule has 4 nitrogen and oxygen atoms in total. The average molecular weight is 270 g/mol. The van der Waals surface area contributed by atoms with Crippen LogP contribution >= 0.6 is 0 Å². The molecular formula is C16H22N4. The predicted molar refractivity (Wildman–Crippen MR) is 78.1 cm³/mol. The van der Waals surface area contributed by atoms with Crippen molar-refractivity contribution >= 4 is 11.7 Å². The molecule has 4 heteroatoms. The number of amidine groups is 2. The molecule has 2 aliphatic carbocycles. The minimum absolute atomic E-state index is 0.625. The van der Waals surface area contributed by atoms with E-state index >= 15 is 0 Å². The highest BCUT2D eigenvalue weighted by molar-refractivity contribution is 5.87. The Morgan fingerprint density at radius 3 is 1.75 bits per heavy atom. The van der Waals surface area contributed by atoms with E-state index in [1.807, 2.05) is 0 Å². The van der Waals surface area contributed by atoms with E-state index in [9.17, 15) is 0 Å². The average Bonchev–Trinajstić information content (AvgIpc) is 3.19. The summed E-state index contributed by atoms with van der Waals surface area (Å²) in [6.45, 7) is 2.52. The van der Waals surface area contributed by atoms with E-state index in [2.05, 4.69) is 9.80 Å². The molecule has 20 heavy (non-hydrogen) atoms. The van der Waals surface area contributed by atoms with Crippen LogP contribution in [0.25, 0.3) is 0 Å². The molecule has 2 saturated carbocycles. The second-order valence-electron chi connectivity index (χ2n) is 7.58. The summed E-state index contributed by atoms with van der Waals surface area (Å²) in [5, 5.41) is 0. The second-order valence-corrected chi connectivity index (χ2v) is 7.58. The van der Waals surface area contributed by atoms with Crippen LogP contribution in [0.4, 0.5) is 0 Å². The van der Waals surface area contributed by atoms with Crippen LogP contribution in [0.5, 0.6) is 0 Å². The Morgan fingerprint density at radius 2 is 1.25 bits per heavy atom. The van der Waals surface area contributed by atoms with Crippen molar-refractivity contribution in [3.05, 3.63) is 0 Å². The van der Waals surface area contributed by atoms with Gasteiger partial charge in [-0.25, -0.2) is 0 Å². The molecule has 106 valence electrons. The number of rotatable bonds is 0. The van der Waals surface area contributed by atoms with E-state index in [1.54, 1.807) is 0 Å². The summed E-state index contributed by atoms with van der Waals surface area (Å²) in [7, 11) is 0. The maximum Gasteiger partial charge on any atom is 0.0995 e. The van der Waals surface area contributed by atoms with E-state index < -0.39 is 0 Å². The molecule has 4 aliphatic heterocycles. The van der Waals surface area contributed by atoms with Crippen LogP contribution in [-0.2, 0) is 0 Å². The zero-order chi connectivity index (χ0) is 12.8. The summed E-state index contributed by atoms with van der Waals surface area (Å²) < 4.78 is 0. The third-order valence-electron chi connectivity index (χ3n) is 6.88. The van der Waals surface area contributed by atoms with Gasteiger partial charge in [-0.3, -0.25) is 9.98 Å². The van der Waals surface area contributed by atoms with Crippen LogP contribution in [0.1, 0.15) is 38.5 Å². The molecule has 6 atom stereocenters. The fraction of sp³-hybridized carbons (Fsp3) is 0.875. The van der Waals surface area contributed by atoms with Crippen molar-refractivity contribution in [3.8, 4) is 0 Å². The van der Waals surface area contributed by atoms with Crippen LogP contribution in [0, 0.1) is 11.8 Å². The Morgan fingerprint density at radius 1 is 0.750 bits per heavy atom. The lowest BCUT2D eigenvalue weighted by atomic mass is 9.89. The molecule has 0 spiro atoms. The molecule has 0 amide bonds. The third-order valence-corrected chi connectivity index (χ3v) is 6.88. The number of aliphatic imine (C=N–C) groups is 2. The zero-order valence-corrected chi connectivity index (χ0v) is 11.9. The molecule has 0 aromatic rings. The van der Waals surface area contributed by atoms with Gasteiger partial charge in [0.05, 0.1) is 23.8 Å². The lowest BCUT2D eigenvalue weighted by Crippen LogP contribution is -2.47. The first kappa shape index (κ1) is 10.6. The van der Waals surface area contributed by atoms with Gasteiger partial charge in [0.15, 0.2) is 0 Å². The maximum atomic E-state index is 5.19. The summed E-state index contributed by atoms with van der Waals surface area (Å²) in [6.07, 6.45) is 7.76. The normalized spacial score (nSPS) is 50.8. The zero-order valence-electron chi connectivity index (χ0n) is 11.9. The van der Waals surface area contributed by atoms with Gasteiger partial charge < -0.3 is 9.80 Å². The topological polar surface area (TPSA) is 31.2 Å². The molecule has 4 heterocycles. The van der Waals surface area contributed by atoms with Gasteiger partial charge in [0, 0.05) is 49.9 Å². The summed E-state index contributed by atoms with van der Waals surface area (Å²) in [5.41, 5.74) is 0. The lowest BCUT2D eigenvalue weighted by Gasteiger charge is -2.38. The maximum absolute atomic E-state index is 5.19. The molecule has 4 fully saturated rings. The highest BCUT2D eigenvalue weighted by Crippen LogP contribution is 2.55. The van der Waals surface area contributed by atoms with Crippen molar-refractivity contribution < 1.29 is 0 Å². The SMILES string of the molecule is C1CC2=N[C@@H]3C[C@H]4[C@H]5[C@@H]3[C@H](C[C@H]5N=C3CCCN34)N2C1. The van der Waals surface area contributed by atoms with Crippen molar-refractivity contribution in [1.29, 1.82) is 0 Å². The van der Waals surface area contributed by atoms with E-state index in [-0.39, 0.29) is 0 Å². The third kappa shape index (κ3) is 1.09. The fourth-order valence-electron chi connectivity index (χ4n) is 6.34. The first-order chi connectivity index (χ1) is 9.90. The van der Waals surface area contributed by atoms with Gasteiger partial charge >= 0.3 is 0 Å². The first-order valence-corrected chi connectivity index (χ1v) is 8.57. The van der Waals surface area contributed by atoms with Gasteiger partial charge in [0.1, 0.15) is 0 Å². The highest BCUT2D eigenvalue weighted by atomic mass is 15.3. The van der Waals surface area contributed by atoms with Crippen LogP contribution in [0.15, 0.2) is 9.98 Å². The van der Waals surface area contributed by atoms with Gasteiger partial charge in [-0.1, -0.05) is 0 Å². The Balaban J connectivity index is 1.48. The number of hydrogen-bond acceptors (Lipinski definition) is 4. The Kier molecular flexibility index (Phi) is 1.81. The van der Waals surface area contributed by atoms with Crippen molar-refractivity contribution in [1.82, 2.24) is 9.80 Å². The molecule has 0 aromatic heterocycles. The van der Waals surface area contributed by atoms with Crippen LogP contribution in [0.2, 0.25) is 0 Å². The molecule has 2 saturated heterocycles. The highest BCUT2D eigenvalue weighted by Gasteiger charge is 2.62. The van der Waals surface area contributed by atoms with E-state index in [4.69, 9.17) is 9.98 Å². The molecule has 6 rings (SSSR count). The minimum Gasteiger partial charge on any atom is -0.357 e. The molecule has 0 aromatic carbocycles. The molecule has 0 N–H and O–H groups in total. The van der Waals surface area contributed by atoms with Crippen LogP contribution in [0.3, 0.4) is 0 Å². The number of fused-ring (bicyclic) bond motifs is 4. The van der Waals surface area contributed by atoms with Crippen LogP contribution in [-0.4, -0.2) is 58.7 Å². The number of hydrogen-bond donors (Lipinski definition) is 0. The van der Waals surface area contributed by atoms with Crippen molar-refractivity contribution in [2.45, 2.75) is 62.7 Å². The first-order valence-electron chi connectivity index (χ1n) is 8.57. The van der Waals surface area contributed by atoms with Crippen molar-refractivity contribution in [2.75, 3.05) is 13.1 Å². The Labute approximate surface area is 119 Å². The molecule has 0 bridgehead atoms. The van der Waals surface area contributed by atoms with Gasteiger partial charge in [0.25, 0.3) is 0 Å². The Hall–Kier alpha value is -1.06. The van der Waals surface area contributed by atoms with Gasteiger partial charge in [-0.2, -0.15) is 0 Å². The summed E-state index contributed by atoms with van der Waals surface area (Å²) >= 11 is 0. The molecule has 0 radical (unpaired) electrons. The standard InChI is InChI=1S/C16H22N4/c1-3-13-17-9-8-12-16-10(18-14-4-2-6-20(12)14)7-11(15(9)16)19(13)5-1/h9-12,15-16H,1-8H2/t9-,10-,11+,12+,15+,16+/m1/s1. The van der Waals surface area contributed by atoms with Crippen molar-refractivity contribution in [2.24, 2.45) is 21.8 Å². The van der Waals surface area contributed by atoms with Crippen LogP contribution < -0.4 is 0 Å². The summed E-state index contributed by atoms with van der Waals surface area (Å²) in [4.78, 5) is 15.7. The monoisotopic (exact) mass is 270 g/mol. The van der Waals surface area contributed by atoms with Gasteiger partial charge in [0.2, 0.25) is 0 Å². The molecule has 6 aliphatic rings. The smallest absolute Gasteiger partial charge is 0.0995 e. The van der Waals surface area contributed by atoms with Gasteiger partial charge in [-0.15, -0.1) is 0 Å². The minimum atomic E-state index is 0.625. The van der Waals surface area contributed by atoms with E-state index in [0.717, 1.165) is 23.9 Å². The van der Waals surface area contributed by atoms with E-state index in [1.165, 1.54) is 63.3 Å². The predicted octanol–water partition coefficient (Wildman–Crippen LogP) is 1.52. The largest absolute Gasteiger partial charge is 0.357 e. The summed E-state index contributed by atoms with van der Waals surface area (Å²) in [6, 6.07) is 2.80. The number of nitrogens with zero attached hydrogens (tertiary/aromatic N) is 4. The van der Waals surface area contributed by atoms with Crippen molar-refractivity contribution in [3.63, 3.8) is 0 Å². The Bertz CT molecular complexity index is 491. The lowest BCUT2D eigenvalue weighted by molar-refractivity contribution is 0.197. The fourth-order valence-corrected chi connectivity index (χ4v) is 6.34. The molecular weight excluding hydrogens is 248 g/mol. The van der Waals surface area contributed by atoms with Gasteiger partial charge in [-0.05, 0) is 25.7 Å². The van der Waals surface area contributed by atoms with E-state index in [0.29, 0.717) is 12.1 Å². The quantitative estimate of drug-likeness (QED) is 0.668. The molecule has 0 unspecified atom stereocenters.